The number of aliphatic imine (C=N–C) groups is 1. The summed E-state index contributed by atoms with van der Waals surface area (Å²) in [6, 6.07) is 1.14. The number of nitrogens with one attached hydrogen (secondary N) is 2. The Bertz CT molecular complexity index is 501. The number of guanidine groups is 1. The summed E-state index contributed by atoms with van der Waals surface area (Å²) < 4.78 is 5.24. The SMILES string of the molecule is CN=C(NCCCN(C(C)C)C(C)C)NCCc1nc(C(C)C)no1. The minimum atomic E-state index is 0.288. The predicted octanol–water partition coefficient (Wildman–Crippen LogP) is 2.41. The average molecular weight is 353 g/mol. The molecular weight excluding hydrogens is 316 g/mol. The van der Waals surface area contributed by atoms with Crippen molar-refractivity contribution in [2.75, 3.05) is 26.7 Å². The van der Waals surface area contributed by atoms with E-state index in [1.165, 1.54) is 0 Å². The maximum absolute atomic E-state index is 5.24. The summed E-state index contributed by atoms with van der Waals surface area (Å²) in [6.45, 7) is 15.8. The lowest BCUT2D eigenvalue weighted by Gasteiger charge is -2.30. The number of hydrogen-bond donors (Lipinski definition) is 2. The first-order valence-corrected chi connectivity index (χ1v) is 9.37. The van der Waals surface area contributed by atoms with Crippen molar-refractivity contribution in [1.82, 2.24) is 25.7 Å². The van der Waals surface area contributed by atoms with Crippen LogP contribution in [0.5, 0.6) is 0 Å². The summed E-state index contributed by atoms with van der Waals surface area (Å²) in [7, 11) is 1.79. The van der Waals surface area contributed by atoms with Crippen LogP contribution in [0.4, 0.5) is 0 Å². The second-order valence-corrected chi connectivity index (χ2v) is 7.16. The average Bonchev–Trinajstić information content (AvgIpc) is 3.01. The summed E-state index contributed by atoms with van der Waals surface area (Å²) in [4.78, 5) is 11.1. The van der Waals surface area contributed by atoms with Crippen LogP contribution >= 0.6 is 0 Å². The van der Waals surface area contributed by atoms with Crippen LogP contribution in [0.25, 0.3) is 0 Å². The fourth-order valence-corrected chi connectivity index (χ4v) is 2.69. The van der Waals surface area contributed by atoms with Gasteiger partial charge in [0.25, 0.3) is 0 Å². The molecule has 0 saturated heterocycles. The highest BCUT2D eigenvalue weighted by atomic mass is 16.5. The molecule has 0 spiro atoms. The van der Waals surface area contributed by atoms with Crippen molar-refractivity contribution in [3.05, 3.63) is 11.7 Å². The van der Waals surface area contributed by atoms with Gasteiger partial charge in [0.2, 0.25) is 5.89 Å². The van der Waals surface area contributed by atoms with Crippen LogP contribution in [-0.4, -0.2) is 59.8 Å². The van der Waals surface area contributed by atoms with Crippen LogP contribution in [0.2, 0.25) is 0 Å². The monoisotopic (exact) mass is 352 g/mol. The van der Waals surface area contributed by atoms with Crippen molar-refractivity contribution in [2.45, 2.75) is 72.4 Å². The highest BCUT2D eigenvalue weighted by Gasteiger charge is 2.12. The minimum absolute atomic E-state index is 0.288. The van der Waals surface area contributed by atoms with E-state index in [4.69, 9.17) is 4.52 Å². The first-order valence-electron chi connectivity index (χ1n) is 9.37. The Morgan fingerprint density at radius 1 is 1.08 bits per heavy atom. The lowest BCUT2D eigenvalue weighted by atomic mass is 10.2. The number of rotatable bonds is 10. The predicted molar refractivity (Wildman–Crippen MR) is 103 cm³/mol. The van der Waals surface area contributed by atoms with Gasteiger partial charge in [0.1, 0.15) is 0 Å². The normalized spacial score (nSPS) is 12.7. The Kier molecular flexibility index (Phi) is 9.49. The van der Waals surface area contributed by atoms with E-state index < -0.39 is 0 Å². The zero-order chi connectivity index (χ0) is 18.8. The molecule has 0 bridgehead atoms. The fourth-order valence-electron chi connectivity index (χ4n) is 2.69. The molecule has 0 aliphatic carbocycles. The second kappa shape index (κ2) is 11.1. The van der Waals surface area contributed by atoms with Gasteiger partial charge in [0.05, 0.1) is 0 Å². The van der Waals surface area contributed by atoms with Crippen molar-refractivity contribution in [3.8, 4) is 0 Å². The topological polar surface area (TPSA) is 78.6 Å². The molecule has 0 fully saturated rings. The molecule has 1 heterocycles. The van der Waals surface area contributed by atoms with Gasteiger partial charge in [0.15, 0.2) is 11.8 Å². The summed E-state index contributed by atoms with van der Waals surface area (Å²) in [6.07, 6.45) is 1.77. The fraction of sp³-hybridized carbons (Fsp3) is 0.833. The minimum Gasteiger partial charge on any atom is -0.356 e. The van der Waals surface area contributed by atoms with E-state index in [0.29, 0.717) is 30.9 Å². The second-order valence-electron chi connectivity index (χ2n) is 7.16. The molecule has 0 saturated carbocycles. The summed E-state index contributed by atoms with van der Waals surface area (Å²) >= 11 is 0. The maximum atomic E-state index is 5.24. The molecule has 0 amide bonds. The summed E-state index contributed by atoms with van der Waals surface area (Å²) in [5, 5.41) is 10.6. The quantitative estimate of drug-likeness (QED) is 0.382. The van der Waals surface area contributed by atoms with Crippen molar-refractivity contribution >= 4 is 5.96 Å². The molecule has 1 aromatic heterocycles. The van der Waals surface area contributed by atoms with Crippen molar-refractivity contribution in [3.63, 3.8) is 0 Å². The maximum Gasteiger partial charge on any atom is 0.228 e. The van der Waals surface area contributed by atoms with Crippen molar-refractivity contribution in [2.24, 2.45) is 4.99 Å². The number of hydrogen-bond acceptors (Lipinski definition) is 5. The van der Waals surface area contributed by atoms with E-state index in [9.17, 15) is 0 Å². The molecule has 0 aliphatic heterocycles. The molecular formula is C18H36N6O. The Morgan fingerprint density at radius 3 is 2.24 bits per heavy atom. The molecule has 0 radical (unpaired) electrons. The zero-order valence-corrected chi connectivity index (χ0v) is 17.0. The Balaban J connectivity index is 2.26. The molecule has 1 aromatic rings. The van der Waals surface area contributed by atoms with E-state index in [-0.39, 0.29) is 5.92 Å². The van der Waals surface area contributed by atoms with Gasteiger partial charge in [-0.15, -0.1) is 0 Å². The van der Waals surface area contributed by atoms with Gasteiger partial charge in [-0.05, 0) is 34.1 Å². The van der Waals surface area contributed by atoms with E-state index >= 15 is 0 Å². The van der Waals surface area contributed by atoms with Gasteiger partial charge in [0, 0.05) is 51.1 Å². The van der Waals surface area contributed by atoms with E-state index in [2.05, 4.69) is 72.2 Å². The molecule has 7 heteroatoms. The third-order valence-electron chi connectivity index (χ3n) is 4.07. The Labute approximate surface area is 152 Å². The standard InChI is InChI=1S/C18H36N6O/c1-13(2)17-22-16(25-23-17)9-11-21-18(19-7)20-10-8-12-24(14(3)4)15(5)6/h13-15H,8-12H2,1-7H3,(H2,19,20,21). The molecule has 7 nitrogen and oxygen atoms in total. The van der Waals surface area contributed by atoms with Gasteiger partial charge >= 0.3 is 0 Å². The van der Waals surface area contributed by atoms with Gasteiger partial charge < -0.3 is 15.2 Å². The smallest absolute Gasteiger partial charge is 0.228 e. The van der Waals surface area contributed by atoms with Gasteiger partial charge in [-0.25, -0.2) is 0 Å². The number of aromatic nitrogens is 2. The Morgan fingerprint density at radius 2 is 1.72 bits per heavy atom. The lowest BCUT2D eigenvalue weighted by Crippen LogP contribution is -2.41. The van der Waals surface area contributed by atoms with Gasteiger partial charge in [-0.3, -0.25) is 9.89 Å². The van der Waals surface area contributed by atoms with Gasteiger partial charge in [-0.2, -0.15) is 4.98 Å². The third kappa shape index (κ3) is 7.86. The molecule has 0 atom stereocenters. The van der Waals surface area contributed by atoms with Crippen molar-refractivity contribution in [1.29, 1.82) is 0 Å². The molecule has 144 valence electrons. The van der Waals surface area contributed by atoms with Gasteiger partial charge in [-0.1, -0.05) is 19.0 Å². The first-order chi connectivity index (χ1) is 11.8. The zero-order valence-electron chi connectivity index (χ0n) is 17.0. The molecule has 0 aromatic carbocycles. The van der Waals surface area contributed by atoms with Crippen LogP contribution in [0, 0.1) is 0 Å². The van der Waals surface area contributed by atoms with Crippen LogP contribution < -0.4 is 10.6 Å². The molecule has 25 heavy (non-hydrogen) atoms. The van der Waals surface area contributed by atoms with E-state index in [1.54, 1.807) is 7.05 Å². The molecule has 0 aliphatic rings. The first kappa shape index (κ1) is 21.4. The molecule has 0 unspecified atom stereocenters. The van der Waals surface area contributed by atoms with E-state index in [0.717, 1.165) is 31.3 Å². The van der Waals surface area contributed by atoms with E-state index in [1.807, 2.05) is 0 Å². The van der Waals surface area contributed by atoms with Crippen LogP contribution in [0.1, 0.15) is 65.6 Å². The van der Waals surface area contributed by atoms with Crippen LogP contribution in [0.15, 0.2) is 9.52 Å². The molecule has 2 N–H and O–H groups in total. The summed E-state index contributed by atoms with van der Waals surface area (Å²) in [5.74, 6) is 2.52. The van der Waals surface area contributed by atoms with Crippen LogP contribution in [0.3, 0.4) is 0 Å². The highest BCUT2D eigenvalue weighted by Crippen LogP contribution is 2.09. The number of nitrogens with zero attached hydrogens (tertiary/aromatic N) is 4. The van der Waals surface area contributed by atoms with Crippen molar-refractivity contribution < 1.29 is 4.52 Å². The Hall–Kier alpha value is -1.63. The highest BCUT2D eigenvalue weighted by molar-refractivity contribution is 5.79. The summed E-state index contributed by atoms with van der Waals surface area (Å²) in [5.41, 5.74) is 0. The lowest BCUT2D eigenvalue weighted by molar-refractivity contribution is 0.173. The molecule has 1 rings (SSSR count). The largest absolute Gasteiger partial charge is 0.356 e. The third-order valence-corrected chi connectivity index (χ3v) is 4.07. The van der Waals surface area contributed by atoms with Crippen LogP contribution in [-0.2, 0) is 6.42 Å².